The molecule has 0 aliphatic heterocycles. The Morgan fingerprint density at radius 2 is 2.17 bits per heavy atom. The molecular weight excluding hydrogens is 150 g/mol. The van der Waals surface area contributed by atoms with E-state index in [2.05, 4.69) is 17.8 Å². The van der Waals surface area contributed by atoms with Crippen LogP contribution in [0.25, 0.3) is 0 Å². The fraction of sp³-hybridized carbons (Fsp3) is 0.600. The zero-order valence-electron chi connectivity index (χ0n) is 8.26. The van der Waals surface area contributed by atoms with Crippen LogP contribution in [-0.4, -0.2) is 11.4 Å². The van der Waals surface area contributed by atoms with Gasteiger partial charge in [0.2, 0.25) is 0 Å². The molecule has 0 saturated heterocycles. The minimum absolute atomic E-state index is 0.217. The minimum atomic E-state index is -0.217. The predicted molar refractivity (Wildman–Crippen MR) is 51.6 cm³/mol. The van der Waals surface area contributed by atoms with Gasteiger partial charge in [-0.3, -0.25) is 0 Å². The van der Waals surface area contributed by atoms with Gasteiger partial charge in [-0.25, -0.2) is 0 Å². The molecule has 0 aliphatic rings. The Bertz CT molecular complexity index is 220. The van der Waals surface area contributed by atoms with E-state index < -0.39 is 0 Å². The first-order chi connectivity index (χ1) is 5.52. The number of nitrogens with zero attached hydrogens (tertiary/aromatic N) is 1. The zero-order chi connectivity index (χ0) is 9.61. The summed E-state index contributed by atoms with van der Waals surface area (Å²) in [5.74, 6) is 0. The van der Waals surface area contributed by atoms with Crippen LogP contribution in [-0.2, 0) is 0 Å². The standard InChI is InChI=1S/C10H17NO/c1-5-9(2)6-7-10(3,4)8-11-12/h7-8,12H,5H2,1-4H3. The Hall–Kier alpha value is -1.01. The third kappa shape index (κ3) is 4.75. The van der Waals surface area contributed by atoms with E-state index in [0.717, 1.165) is 6.42 Å². The van der Waals surface area contributed by atoms with Crippen LogP contribution in [0.5, 0.6) is 0 Å². The van der Waals surface area contributed by atoms with E-state index in [1.54, 1.807) is 0 Å². The molecule has 0 fully saturated rings. The van der Waals surface area contributed by atoms with E-state index in [4.69, 9.17) is 5.21 Å². The fourth-order valence-electron chi connectivity index (χ4n) is 0.597. The van der Waals surface area contributed by atoms with Crippen LogP contribution in [0.3, 0.4) is 0 Å². The van der Waals surface area contributed by atoms with Crippen molar-refractivity contribution in [2.45, 2.75) is 34.1 Å². The molecule has 1 N–H and O–H groups in total. The second kappa shape index (κ2) is 4.78. The van der Waals surface area contributed by atoms with Gasteiger partial charge >= 0.3 is 0 Å². The van der Waals surface area contributed by atoms with Crippen molar-refractivity contribution in [2.24, 2.45) is 10.6 Å². The second-order valence-corrected chi connectivity index (χ2v) is 3.49. The maximum atomic E-state index is 8.34. The topological polar surface area (TPSA) is 32.6 Å². The molecular formula is C10H17NO. The number of allylic oxidation sites excluding steroid dienone is 1. The molecule has 0 bridgehead atoms. The molecule has 0 spiro atoms. The van der Waals surface area contributed by atoms with Crippen LogP contribution in [0.2, 0.25) is 0 Å². The lowest BCUT2D eigenvalue weighted by Crippen LogP contribution is -2.08. The van der Waals surface area contributed by atoms with Gasteiger partial charge in [-0.2, -0.15) is 0 Å². The number of rotatable bonds is 3. The molecule has 0 rings (SSSR count). The summed E-state index contributed by atoms with van der Waals surface area (Å²) in [6.07, 6.45) is 4.40. The Balaban J connectivity index is 4.52. The minimum Gasteiger partial charge on any atom is -0.411 e. The van der Waals surface area contributed by atoms with Crippen molar-refractivity contribution in [1.29, 1.82) is 0 Å². The second-order valence-electron chi connectivity index (χ2n) is 3.49. The average molecular weight is 167 g/mol. The molecule has 0 heterocycles. The van der Waals surface area contributed by atoms with Crippen molar-refractivity contribution in [1.82, 2.24) is 0 Å². The van der Waals surface area contributed by atoms with Crippen LogP contribution in [0, 0.1) is 5.41 Å². The highest BCUT2D eigenvalue weighted by atomic mass is 16.4. The van der Waals surface area contributed by atoms with E-state index in [0.29, 0.717) is 0 Å². The summed E-state index contributed by atoms with van der Waals surface area (Å²) in [6, 6.07) is 0. The van der Waals surface area contributed by atoms with Crippen LogP contribution in [0.1, 0.15) is 34.1 Å². The first kappa shape index (κ1) is 11.0. The van der Waals surface area contributed by atoms with Crippen LogP contribution in [0.15, 0.2) is 22.5 Å². The molecule has 0 amide bonds. The Kier molecular flexibility index (Phi) is 4.38. The quantitative estimate of drug-likeness (QED) is 0.298. The molecule has 2 nitrogen and oxygen atoms in total. The van der Waals surface area contributed by atoms with E-state index in [9.17, 15) is 0 Å². The lowest BCUT2D eigenvalue weighted by atomic mass is 9.95. The summed E-state index contributed by atoms with van der Waals surface area (Å²) in [5, 5.41) is 11.3. The van der Waals surface area contributed by atoms with Gasteiger partial charge in [0.1, 0.15) is 0 Å². The van der Waals surface area contributed by atoms with E-state index >= 15 is 0 Å². The van der Waals surface area contributed by atoms with Crippen LogP contribution >= 0.6 is 0 Å². The SMILES string of the molecule is CCC(C)=C=CC(C)(C)C=NO. The molecule has 0 aliphatic carbocycles. The smallest absolute Gasteiger partial charge is 0.0536 e. The molecule has 2 heteroatoms. The molecule has 0 aromatic heterocycles. The molecule has 0 aromatic rings. The van der Waals surface area contributed by atoms with Gasteiger partial charge in [0, 0.05) is 5.41 Å². The monoisotopic (exact) mass is 167 g/mol. The van der Waals surface area contributed by atoms with Crippen molar-refractivity contribution in [2.75, 3.05) is 0 Å². The van der Waals surface area contributed by atoms with Crippen molar-refractivity contribution in [3.05, 3.63) is 17.4 Å². The van der Waals surface area contributed by atoms with Gasteiger partial charge in [-0.05, 0) is 25.0 Å². The normalized spacial score (nSPS) is 11.3. The molecule has 0 atom stereocenters. The zero-order valence-corrected chi connectivity index (χ0v) is 8.26. The summed E-state index contributed by atoms with van der Waals surface area (Å²) in [5.41, 5.74) is 4.13. The predicted octanol–water partition coefficient (Wildman–Crippen LogP) is 2.98. The van der Waals surface area contributed by atoms with Crippen molar-refractivity contribution in [3.63, 3.8) is 0 Å². The molecule has 0 radical (unpaired) electrons. The van der Waals surface area contributed by atoms with Gasteiger partial charge in [-0.1, -0.05) is 20.8 Å². The summed E-state index contributed by atoms with van der Waals surface area (Å²) in [7, 11) is 0. The van der Waals surface area contributed by atoms with Crippen molar-refractivity contribution < 1.29 is 5.21 Å². The summed E-state index contributed by atoms with van der Waals surface area (Å²) < 4.78 is 0. The third-order valence-corrected chi connectivity index (χ3v) is 1.61. The molecule has 12 heavy (non-hydrogen) atoms. The highest BCUT2D eigenvalue weighted by molar-refractivity contribution is 5.66. The highest BCUT2D eigenvalue weighted by Gasteiger charge is 2.09. The molecule has 0 unspecified atom stereocenters. The lowest BCUT2D eigenvalue weighted by molar-refractivity contribution is 0.317. The number of hydrogen-bond donors (Lipinski definition) is 1. The Labute approximate surface area is 74.3 Å². The van der Waals surface area contributed by atoms with Crippen molar-refractivity contribution in [3.8, 4) is 0 Å². The van der Waals surface area contributed by atoms with Gasteiger partial charge in [0.05, 0.1) is 6.21 Å². The largest absolute Gasteiger partial charge is 0.411 e. The number of oxime groups is 1. The lowest BCUT2D eigenvalue weighted by Gasteiger charge is -2.09. The maximum absolute atomic E-state index is 8.34. The Morgan fingerprint density at radius 1 is 1.58 bits per heavy atom. The highest BCUT2D eigenvalue weighted by Crippen LogP contribution is 2.13. The third-order valence-electron chi connectivity index (χ3n) is 1.61. The average Bonchev–Trinajstić information content (AvgIpc) is 2.00. The first-order valence-corrected chi connectivity index (χ1v) is 4.13. The van der Waals surface area contributed by atoms with Gasteiger partial charge < -0.3 is 5.21 Å². The summed E-state index contributed by atoms with van der Waals surface area (Å²) >= 11 is 0. The molecule has 0 aromatic carbocycles. The Morgan fingerprint density at radius 3 is 2.58 bits per heavy atom. The van der Waals surface area contributed by atoms with Gasteiger partial charge in [0.15, 0.2) is 0 Å². The molecule has 0 saturated carbocycles. The van der Waals surface area contributed by atoms with Crippen LogP contribution < -0.4 is 0 Å². The van der Waals surface area contributed by atoms with Gasteiger partial charge in [-0.15, -0.1) is 10.9 Å². The van der Waals surface area contributed by atoms with E-state index in [1.807, 2.05) is 26.8 Å². The summed E-state index contributed by atoms with van der Waals surface area (Å²) in [4.78, 5) is 0. The van der Waals surface area contributed by atoms with Gasteiger partial charge in [0.25, 0.3) is 0 Å². The number of hydrogen-bond acceptors (Lipinski definition) is 2. The van der Waals surface area contributed by atoms with E-state index in [1.165, 1.54) is 11.8 Å². The van der Waals surface area contributed by atoms with E-state index in [-0.39, 0.29) is 5.41 Å². The first-order valence-electron chi connectivity index (χ1n) is 4.13. The van der Waals surface area contributed by atoms with Crippen molar-refractivity contribution >= 4 is 6.21 Å². The summed E-state index contributed by atoms with van der Waals surface area (Å²) in [6.45, 7) is 8.04. The van der Waals surface area contributed by atoms with Crippen LogP contribution in [0.4, 0.5) is 0 Å². The maximum Gasteiger partial charge on any atom is 0.0536 e. The fourth-order valence-corrected chi connectivity index (χ4v) is 0.597. The molecule has 68 valence electrons.